The maximum Gasteiger partial charge on any atom is 0.586 e. The molecule has 1 aliphatic rings. The van der Waals surface area contributed by atoms with Crippen LogP contribution in [0.5, 0.6) is 23.0 Å². The Morgan fingerprint density at radius 2 is 1.69 bits per heavy atom. The van der Waals surface area contributed by atoms with E-state index in [1.54, 1.807) is 0 Å². The lowest BCUT2D eigenvalue weighted by molar-refractivity contribution is -0.286. The first-order valence-electron chi connectivity index (χ1n) is 9.06. The van der Waals surface area contributed by atoms with Crippen LogP contribution in [0.25, 0.3) is 0 Å². The van der Waals surface area contributed by atoms with E-state index in [0.717, 1.165) is 6.07 Å². The summed E-state index contributed by atoms with van der Waals surface area (Å²) in [5.74, 6) is -1.80. The van der Waals surface area contributed by atoms with Crippen LogP contribution < -0.4 is 29.6 Å². The van der Waals surface area contributed by atoms with Crippen molar-refractivity contribution in [2.45, 2.75) is 6.29 Å². The number of alkyl halides is 2. The molecule has 0 bridgehead atoms. The Morgan fingerprint density at radius 1 is 0.969 bits per heavy atom. The Hall–Kier alpha value is -4.09. The molecule has 0 saturated heterocycles. The molecule has 0 radical (unpaired) electrons. The van der Waals surface area contributed by atoms with Gasteiger partial charge in [-0.25, -0.2) is 0 Å². The summed E-state index contributed by atoms with van der Waals surface area (Å²) in [4.78, 5) is 35.9. The first-order valence-corrected chi connectivity index (χ1v) is 9.06. The standard InChI is InChI=1S/C20H18F2N2O8/c1-28-13-5-3-11(7-15(13)29-2)19(27)23-9-18(26)30-10-17(25)24-12-4-6-14-16(8-12)32-20(21,22)31-14/h3-8H,9-10H2,1-2H3,(H,23,27)(H,24,25). The highest BCUT2D eigenvalue weighted by Gasteiger charge is 2.43. The average Bonchev–Trinajstić information content (AvgIpc) is 3.08. The van der Waals surface area contributed by atoms with Gasteiger partial charge in [0.15, 0.2) is 29.6 Å². The van der Waals surface area contributed by atoms with Crippen LogP contribution in [0.4, 0.5) is 14.5 Å². The number of benzene rings is 2. The minimum Gasteiger partial charge on any atom is -0.493 e. The summed E-state index contributed by atoms with van der Waals surface area (Å²) >= 11 is 0. The third-order valence-electron chi connectivity index (χ3n) is 4.09. The van der Waals surface area contributed by atoms with Crippen LogP contribution in [0.3, 0.4) is 0 Å². The molecule has 0 aromatic heterocycles. The van der Waals surface area contributed by atoms with Crippen molar-refractivity contribution in [3.05, 3.63) is 42.0 Å². The quantitative estimate of drug-likeness (QED) is 0.583. The molecule has 0 fully saturated rings. The second kappa shape index (κ2) is 9.37. The van der Waals surface area contributed by atoms with Gasteiger partial charge in [0.25, 0.3) is 11.8 Å². The van der Waals surface area contributed by atoms with E-state index in [9.17, 15) is 23.2 Å². The molecule has 0 spiro atoms. The van der Waals surface area contributed by atoms with Gasteiger partial charge >= 0.3 is 12.3 Å². The lowest BCUT2D eigenvalue weighted by Gasteiger charge is -2.10. The number of carbonyl (C=O) groups excluding carboxylic acids is 3. The summed E-state index contributed by atoms with van der Waals surface area (Å²) < 4.78 is 49.5. The lowest BCUT2D eigenvalue weighted by Crippen LogP contribution is -2.32. The van der Waals surface area contributed by atoms with Crippen LogP contribution in [0, 0.1) is 0 Å². The van der Waals surface area contributed by atoms with Crippen LogP contribution in [0.1, 0.15) is 10.4 Å². The highest BCUT2D eigenvalue weighted by atomic mass is 19.3. The summed E-state index contributed by atoms with van der Waals surface area (Å²) in [7, 11) is 2.87. The van der Waals surface area contributed by atoms with Gasteiger partial charge in [-0.15, -0.1) is 8.78 Å². The van der Waals surface area contributed by atoms with Gasteiger partial charge in [-0.3, -0.25) is 14.4 Å². The smallest absolute Gasteiger partial charge is 0.493 e. The molecule has 0 unspecified atom stereocenters. The molecular formula is C20H18F2N2O8. The number of fused-ring (bicyclic) bond motifs is 1. The number of esters is 1. The van der Waals surface area contributed by atoms with Crippen LogP contribution in [-0.2, 0) is 14.3 Å². The van der Waals surface area contributed by atoms with E-state index in [1.807, 2.05) is 0 Å². The first kappa shape index (κ1) is 22.6. The van der Waals surface area contributed by atoms with Gasteiger partial charge in [-0.1, -0.05) is 0 Å². The van der Waals surface area contributed by atoms with E-state index in [4.69, 9.17) is 14.2 Å². The second-order valence-corrected chi connectivity index (χ2v) is 6.29. The maximum atomic E-state index is 13.0. The number of rotatable bonds is 8. The maximum absolute atomic E-state index is 13.0. The first-order chi connectivity index (χ1) is 15.2. The topological polar surface area (TPSA) is 121 Å². The molecule has 1 aliphatic heterocycles. The third-order valence-corrected chi connectivity index (χ3v) is 4.09. The molecule has 2 N–H and O–H groups in total. The van der Waals surface area contributed by atoms with Crippen LogP contribution in [0.2, 0.25) is 0 Å². The normalized spacial score (nSPS) is 13.1. The summed E-state index contributed by atoms with van der Waals surface area (Å²) in [6.07, 6.45) is -3.78. The largest absolute Gasteiger partial charge is 0.586 e. The Balaban J connectivity index is 1.44. The zero-order valence-electron chi connectivity index (χ0n) is 16.9. The van der Waals surface area contributed by atoms with E-state index < -0.39 is 37.2 Å². The SMILES string of the molecule is COc1ccc(C(=O)NCC(=O)OCC(=O)Nc2ccc3c(c2)OC(F)(F)O3)cc1OC. The zero-order chi connectivity index (χ0) is 23.3. The zero-order valence-corrected chi connectivity index (χ0v) is 16.9. The fourth-order valence-electron chi connectivity index (χ4n) is 2.65. The number of amides is 2. The van der Waals surface area contributed by atoms with Crippen molar-refractivity contribution in [2.75, 3.05) is 32.7 Å². The molecule has 0 atom stereocenters. The molecule has 0 aliphatic carbocycles. The van der Waals surface area contributed by atoms with Crippen LogP contribution in [-0.4, -0.2) is 51.4 Å². The van der Waals surface area contributed by atoms with Gasteiger partial charge in [0, 0.05) is 17.3 Å². The molecule has 3 rings (SSSR count). The van der Waals surface area contributed by atoms with Crippen molar-refractivity contribution in [3.63, 3.8) is 0 Å². The molecule has 10 nitrogen and oxygen atoms in total. The van der Waals surface area contributed by atoms with Gasteiger partial charge in [-0.05, 0) is 30.3 Å². The van der Waals surface area contributed by atoms with E-state index in [1.165, 1.54) is 44.6 Å². The number of hydrogen-bond acceptors (Lipinski definition) is 8. The fourth-order valence-corrected chi connectivity index (χ4v) is 2.65. The van der Waals surface area contributed by atoms with Crippen molar-refractivity contribution in [1.29, 1.82) is 0 Å². The van der Waals surface area contributed by atoms with E-state index in [2.05, 4.69) is 20.1 Å². The number of anilines is 1. The molecular weight excluding hydrogens is 434 g/mol. The lowest BCUT2D eigenvalue weighted by atomic mass is 10.2. The summed E-state index contributed by atoms with van der Waals surface area (Å²) in [5, 5.41) is 4.71. The van der Waals surface area contributed by atoms with Crippen molar-refractivity contribution < 1.29 is 46.8 Å². The van der Waals surface area contributed by atoms with Crippen molar-refractivity contribution in [1.82, 2.24) is 5.32 Å². The van der Waals surface area contributed by atoms with Gasteiger partial charge in [0.1, 0.15) is 6.54 Å². The minimum atomic E-state index is -3.78. The molecule has 32 heavy (non-hydrogen) atoms. The molecule has 2 aromatic rings. The highest BCUT2D eigenvalue weighted by Crippen LogP contribution is 2.42. The van der Waals surface area contributed by atoms with Crippen molar-refractivity contribution >= 4 is 23.5 Å². The van der Waals surface area contributed by atoms with E-state index >= 15 is 0 Å². The number of halogens is 2. The predicted molar refractivity (Wildman–Crippen MR) is 104 cm³/mol. The molecule has 170 valence electrons. The van der Waals surface area contributed by atoms with E-state index in [-0.39, 0.29) is 22.7 Å². The highest BCUT2D eigenvalue weighted by molar-refractivity contribution is 5.97. The Kier molecular flexibility index (Phi) is 6.61. The second-order valence-electron chi connectivity index (χ2n) is 6.29. The molecule has 12 heteroatoms. The molecule has 1 heterocycles. The fraction of sp³-hybridized carbons (Fsp3) is 0.250. The average molecular weight is 452 g/mol. The molecule has 2 aromatic carbocycles. The third kappa shape index (κ3) is 5.53. The van der Waals surface area contributed by atoms with Gasteiger partial charge in [0.2, 0.25) is 0 Å². The van der Waals surface area contributed by atoms with E-state index in [0.29, 0.717) is 11.5 Å². The Bertz CT molecular complexity index is 1040. The summed E-state index contributed by atoms with van der Waals surface area (Å²) in [6.45, 7) is -1.14. The number of methoxy groups -OCH3 is 2. The predicted octanol–water partition coefficient (Wildman–Crippen LogP) is 1.94. The number of ether oxygens (including phenoxy) is 5. The minimum absolute atomic E-state index is 0.132. The van der Waals surface area contributed by atoms with Crippen molar-refractivity contribution in [2.24, 2.45) is 0 Å². The van der Waals surface area contributed by atoms with Gasteiger partial charge in [-0.2, -0.15) is 0 Å². The van der Waals surface area contributed by atoms with Gasteiger partial charge in [0.05, 0.1) is 14.2 Å². The number of hydrogen-bond donors (Lipinski definition) is 2. The molecule has 2 amide bonds. The Labute approximate surface area is 180 Å². The van der Waals surface area contributed by atoms with Gasteiger partial charge < -0.3 is 34.3 Å². The number of nitrogens with one attached hydrogen (secondary N) is 2. The molecule has 0 saturated carbocycles. The number of carbonyl (C=O) groups is 3. The Morgan fingerprint density at radius 3 is 2.41 bits per heavy atom. The van der Waals surface area contributed by atoms with Crippen LogP contribution >= 0.6 is 0 Å². The van der Waals surface area contributed by atoms with Crippen molar-refractivity contribution in [3.8, 4) is 23.0 Å². The summed E-state index contributed by atoms with van der Waals surface area (Å²) in [6, 6.07) is 8.10. The summed E-state index contributed by atoms with van der Waals surface area (Å²) in [5.41, 5.74) is 0.356. The van der Waals surface area contributed by atoms with Crippen LogP contribution in [0.15, 0.2) is 36.4 Å². The monoisotopic (exact) mass is 452 g/mol.